The fourth-order valence-corrected chi connectivity index (χ4v) is 5.43. The number of sulfonamides is 1. The van der Waals surface area contributed by atoms with Crippen molar-refractivity contribution in [1.82, 2.24) is 10.3 Å². The molecule has 32 heavy (non-hydrogen) atoms. The normalized spacial score (nSPS) is 16.0. The van der Waals surface area contributed by atoms with Gasteiger partial charge >= 0.3 is 0 Å². The van der Waals surface area contributed by atoms with Crippen LogP contribution in [-0.4, -0.2) is 19.4 Å². The Morgan fingerprint density at radius 1 is 1.09 bits per heavy atom. The maximum atomic E-state index is 13.0. The number of para-hydroxylation sites is 1. The number of hydrogen-bond donors (Lipinski definition) is 2. The molecule has 2 aromatic heterocycles. The average molecular weight is 454 g/mol. The summed E-state index contributed by atoms with van der Waals surface area (Å²) in [7, 11) is -3.75. The van der Waals surface area contributed by atoms with Crippen molar-refractivity contribution < 1.29 is 12.8 Å². The van der Waals surface area contributed by atoms with Crippen LogP contribution in [0.3, 0.4) is 0 Å². The van der Waals surface area contributed by atoms with E-state index < -0.39 is 10.0 Å². The first-order valence-corrected chi connectivity index (χ1v) is 12.8. The number of rotatable bonds is 9. The van der Waals surface area contributed by atoms with Crippen molar-refractivity contribution in [1.29, 1.82) is 0 Å². The zero-order valence-electron chi connectivity index (χ0n) is 18.5. The lowest BCUT2D eigenvalue weighted by Crippen LogP contribution is -2.29. The molecule has 1 atom stereocenters. The van der Waals surface area contributed by atoms with Crippen LogP contribution in [0.5, 0.6) is 0 Å². The summed E-state index contributed by atoms with van der Waals surface area (Å²) in [6, 6.07) is 12.9. The van der Waals surface area contributed by atoms with E-state index in [-0.39, 0.29) is 4.90 Å². The molecule has 0 bridgehead atoms. The van der Waals surface area contributed by atoms with Gasteiger partial charge in [0.1, 0.15) is 4.90 Å². The topological polar surface area (TPSA) is 84.2 Å². The van der Waals surface area contributed by atoms with Crippen LogP contribution >= 0.6 is 0 Å². The molecule has 1 aromatic carbocycles. The molecule has 3 aromatic rings. The van der Waals surface area contributed by atoms with Crippen molar-refractivity contribution in [3.63, 3.8) is 0 Å². The molecule has 4 rings (SSSR count). The molecule has 2 heterocycles. The van der Waals surface area contributed by atoms with Crippen LogP contribution in [0, 0.1) is 5.92 Å². The monoisotopic (exact) mass is 453 g/mol. The second-order valence-corrected chi connectivity index (χ2v) is 10.4. The van der Waals surface area contributed by atoms with E-state index >= 15 is 0 Å². The van der Waals surface area contributed by atoms with E-state index in [1.807, 2.05) is 18.2 Å². The van der Waals surface area contributed by atoms with Gasteiger partial charge in [-0.15, -0.1) is 0 Å². The summed E-state index contributed by atoms with van der Waals surface area (Å²) in [5.74, 6) is 0.803. The molecule has 0 saturated heterocycles. The van der Waals surface area contributed by atoms with Crippen LogP contribution in [0.4, 0.5) is 5.69 Å². The van der Waals surface area contributed by atoms with E-state index in [9.17, 15) is 8.42 Å². The standard InChI is InChI=1S/C25H31N3O3S/c1-19(15-20-7-3-2-4-8-20)26-16-21-9-5-6-10-25(21)28-32(29,30)23-11-12-24(27-17-23)22-13-14-31-18-22/h5-6,9-14,17-20,26,28H,2-4,7-8,15-16H2,1H3. The lowest BCUT2D eigenvalue weighted by atomic mass is 9.85. The van der Waals surface area contributed by atoms with Crippen LogP contribution in [0.15, 0.2) is 70.5 Å². The molecule has 0 amide bonds. The van der Waals surface area contributed by atoms with Crippen LogP contribution in [0.25, 0.3) is 11.3 Å². The third-order valence-electron chi connectivity index (χ3n) is 6.18. The van der Waals surface area contributed by atoms with Gasteiger partial charge in [-0.25, -0.2) is 8.42 Å². The first kappa shape index (κ1) is 22.6. The molecule has 1 fully saturated rings. The number of benzene rings is 1. The molecule has 0 radical (unpaired) electrons. The Morgan fingerprint density at radius 2 is 1.91 bits per heavy atom. The van der Waals surface area contributed by atoms with Gasteiger partial charge in [-0.2, -0.15) is 0 Å². The minimum absolute atomic E-state index is 0.123. The predicted octanol–water partition coefficient (Wildman–Crippen LogP) is 5.59. The van der Waals surface area contributed by atoms with Gasteiger partial charge in [0.15, 0.2) is 0 Å². The Kier molecular flexibility index (Phi) is 7.27. The minimum Gasteiger partial charge on any atom is -0.472 e. The van der Waals surface area contributed by atoms with Crippen molar-refractivity contribution >= 4 is 15.7 Å². The van der Waals surface area contributed by atoms with Crippen molar-refractivity contribution in [2.45, 2.75) is 62.9 Å². The van der Waals surface area contributed by atoms with E-state index in [2.05, 4.69) is 21.9 Å². The number of hydrogen-bond acceptors (Lipinski definition) is 5. The molecular weight excluding hydrogens is 422 g/mol. The molecule has 1 unspecified atom stereocenters. The third kappa shape index (κ3) is 5.78. The maximum absolute atomic E-state index is 13.0. The summed E-state index contributed by atoms with van der Waals surface area (Å²) in [6.45, 7) is 2.83. The van der Waals surface area contributed by atoms with Crippen molar-refractivity contribution in [2.24, 2.45) is 5.92 Å². The molecule has 0 spiro atoms. The fraction of sp³-hybridized carbons (Fsp3) is 0.400. The second kappa shape index (κ2) is 10.3. The van der Waals surface area contributed by atoms with E-state index in [1.54, 1.807) is 36.8 Å². The summed E-state index contributed by atoms with van der Waals surface area (Å²) in [4.78, 5) is 4.40. The van der Waals surface area contributed by atoms with Crippen LogP contribution in [0.2, 0.25) is 0 Å². The molecular formula is C25H31N3O3S. The Labute approximate surface area is 190 Å². The highest BCUT2D eigenvalue weighted by atomic mass is 32.2. The van der Waals surface area contributed by atoms with Crippen molar-refractivity contribution in [3.8, 4) is 11.3 Å². The van der Waals surface area contributed by atoms with E-state index in [0.717, 1.165) is 17.0 Å². The molecule has 2 N–H and O–H groups in total. The summed E-state index contributed by atoms with van der Waals surface area (Å²) < 4.78 is 33.7. The first-order chi connectivity index (χ1) is 15.5. The van der Waals surface area contributed by atoms with Crippen LogP contribution in [0.1, 0.15) is 51.0 Å². The van der Waals surface area contributed by atoms with Crippen molar-refractivity contribution in [2.75, 3.05) is 4.72 Å². The number of nitrogens with one attached hydrogen (secondary N) is 2. The molecule has 0 aliphatic heterocycles. The lowest BCUT2D eigenvalue weighted by Gasteiger charge is -2.25. The number of nitrogens with zero attached hydrogens (tertiary/aromatic N) is 1. The zero-order chi connectivity index (χ0) is 22.4. The van der Waals surface area contributed by atoms with Gasteiger partial charge in [-0.3, -0.25) is 9.71 Å². The van der Waals surface area contributed by atoms with E-state index in [4.69, 9.17) is 4.42 Å². The number of pyridine rings is 1. The highest BCUT2D eigenvalue weighted by Gasteiger charge is 2.19. The highest BCUT2D eigenvalue weighted by Crippen LogP contribution is 2.28. The first-order valence-electron chi connectivity index (χ1n) is 11.3. The Morgan fingerprint density at radius 3 is 2.62 bits per heavy atom. The van der Waals surface area contributed by atoms with Gasteiger partial charge in [0, 0.05) is 24.3 Å². The average Bonchev–Trinajstić information content (AvgIpc) is 3.34. The van der Waals surface area contributed by atoms with Gasteiger partial charge in [0.05, 0.1) is 23.9 Å². The predicted molar refractivity (Wildman–Crippen MR) is 127 cm³/mol. The summed E-state index contributed by atoms with van der Waals surface area (Å²) in [5.41, 5.74) is 2.98. The zero-order valence-corrected chi connectivity index (χ0v) is 19.3. The molecule has 170 valence electrons. The molecule has 6 nitrogen and oxygen atoms in total. The minimum atomic E-state index is -3.75. The van der Waals surface area contributed by atoms with Crippen LogP contribution in [-0.2, 0) is 16.6 Å². The van der Waals surface area contributed by atoms with Crippen molar-refractivity contribution in [3.05, 3.63) is 66.8 Å². The molecule has 1 aliphatic rings. The van der Waals surface area contributed by atoms with Crippen LogP contribution < -0.4 is 10.0 Å². The fourth-order valence-electron chi connectivity index (χ4n) is 4.39. The summed E-state index contributed by atoms with van der Waals surface area (Å²) in [5, 5.41) is 3.58. The van der Waals surface area contributed by atoms with E-state index in [0.29, 0.717) is 24.0 Å². The number of aromatic nitrogens is 1. The second-order valence-electron chi connectivity index (χ2n) is 8.68. The van der Waals surface area contributed by atoms with Gasteiger partial charge in [-0.05, 0) is 49.1 Å². The largest absolute Gasteiger partial charge is 0.472 e. The molecule has 1 aliphatic carbocycles. The maximum Gasteiger partial charge on any atom is 0.263 e. The Balaban J connectivity index is 1.40. The Bertz CT molecular complexity index is 1090. The highest BCUT2D eigenvalue weighted by molar-refractivity contribution is 7.92. The SMILES string of the molecule is CC(CC1CCCCC1)NCc1ccccc1NS(=O)(=O)c1ccc(-c2ccoc2)nc1. The molecule has 7 heteroatoms. The Hall–Kier alpha value is -2.64. The van der Waals surface area contributed by atoms with Gasteiger partial charge in [-0.1, -0.05) is 50.3 Å². The van der Waals surface area contributed by atoms with E-state index in [1.165, 1.54) is 44.7 Å². The lowest BCUT2D eigenvalue weighted by molar-refractivity contribution is 0.305. The van der Waals surface area contributed by atoms with Gasteiger partial charge in [0.25, 0.3) is 10.0 Å². The number of anilines is 1. The number of furan rings is 1. The third-order valence-corrected chi connectivity index (χ3v) is 7.53. The smallest absolute Gasteiger partial charge is 0.263 e. The summed E-state index contributed by atoms with van der Waals surface area (Å²) in [6.07, 6.45) is 12.4. The summed E-state index contributed by atoms with van der Waals surface area (Å²) >= 11 is 0. The van der Waals surface area contributed by atoms with Gasteiger partial charge < -0.3 is 9.73 Å². The quantitative estimate of drug-likeness (QED) is 0.441. The van der Waals surface area contributed by atoms with Gasteiger partial charge in [0.2, 0.25) is 0 Å². The molecule has 1 saturated carbocycles.